The summed E-state index contributed by atoms with van der Waals surface area (Å²) in [5.74, 6) is -2.14. The summed E-state index contributed by atoms with van der Waals surface area (Å²) < 4.78 is 6.28. The quantitative estimate of drug-likeness (QED) is 0.571. The van der Waals surface area contributed by atoms with Crippen LogP contribution in [-0.2, 0) is 4.74 Å². The van der Waals surface area contributed by atoms with E-state index < -0.39 is 45.9 Å². The van der Waals surface area contributed by atoms with E-state index in [1.165, 1.54) is 0 Å². The van der Waals surface area contributed by atoms with E-state index in [9.17, 15) is 20.4 Å². The fourth-order valence-electron chi connectivity index (χ4n) is 8.87. The van der Waals surface area contributed by atoms with Crippen molar-refractivity contribution in [3.8, 4) is 0 Å². The summed E-state index contributed by atoms with van der Waals surface area (Å²) >= 11 is 0. The zero-order valence-corrected chi connectivity index (χ0v) is 15.9. The topological polar surface area (TPSA) is 90.2 Å². The monoisotopic (exact) mass is 352 g/mol. The van der Waals surface area contributed by atoms with Crippen LogP contribution in [-0.4, -0.2) is 49.6 Å². The van der Waals surface area contributed by atoms with Gasteiger partial charge < -0.3 is 25.2 Å². The molecule has 0 radical (unpaired) electrons. The molecule has 4 aliphatic carbocycles. The molecule has 5 heteroatoms. The van der Waals surface area contributed by atoms with E-state index in [1.54, 1.807) is 0 Å². The van der Waals surface area contributed by atoms with E-state index in [1.807, 2.05) is 27.7 Å². The number of hydrogen-bond acceptors (Lipinski definition) is 5. The van der Waals surface area contributed by atoms with Gasteiger partial charge in [0.1, 0.15) is 5.60 Å². The summed E-state index contributed by atoms with van der Waals surface area (Å²) in [6.07, 6.45) is 0.441. The third kappa shape index (κ3) is 1.29. The number of aliphatic hydroxyl groups is 4. The van der Waals surface area contributed by atoms with Crippen molar-refractivity contribution in [1.29, 1.82) is 0 Å². The van der Waals surface area contributed by atoms with Gasteiger partial charge in [0.25, 0.3) is 0 Å². The highest BCUT2D eigenvalue weighted by Crippen LogP contribution is 2.83. The molecule has 0 aromatic carbocycles. The SMILES string of the molecule is CC(C)C1C(O)C2C3(C)CC4(O)OC(C5C(C)CCC53O)C2(O)C14C. The molecule has 1 saturated heterocycles. The Morgan fingerprint density at radius 3 is 2.36 bits per heavy atom. The van der Waals surface area contributed by atoms with Crippen LogP contribution in [0.15, 0.2) is 0 Å². The van der Waals surface area contributed by atoms with Crippen LogP contribution in [0.4, 0.5) is 0 Å². The first-order valence-electron chi connectivity index (χ1n) is 9.93. The summed E-state index contributed by atoms with van der Waals surface area (Å²) in [6.45, 7) is 10.1. The Balaban J connectivity index is 1.84. The molecule has 5 nitrogen and oxygen atoms in total. The molecule has 1 aliphatic heterocycles. The Hall–Kier alpha value is -0.200. The van der Waals surface area contributed by atoms with Gasteiger partial charge in [-0.1, -0.05) is 34.6 Å². The molecule has 5 bridgehead atoms. The largest absolute Gasteiger partial charge is 0.392 e. The van der Waals surface area contributed by atoms with Crippen LogP contribution in [0, 0.1) is 40.4 Å². The second kappa shape index (κ2) is 4.12. The van der Waals surface area contributed by atoms with E-state index in [4.69, 9.17) is 4.74 Å². The van der Waals surface area contributed by atoms with Crippen LogP contribution >= 0.6 is 0 Å². The number of aliphatic hydroxyl groups excluding tert-OH is 1. The van der Waals surface area contributed by atoms with Crippen molar-refractivity contribution in [1.82, 2.24) is 0 Å². The summed E-state index contributed by atoms with van der Waals surface area (Å²) in [5, 5.41) is 46.9. The molecule has 11 unspecified atom stereocenters. The minimum absolute atomic E-state index is 0.0951. The normalized spacial score (nSPS) is 70.3. The minimum atomic E-state index is -1.51. The first kappa shape index (κ1) is 16.9. The van der Waals surface area contributed by atoms with E-state index in [2.05, 4.69) is 6.92 Å². The van der Waals surface area contributed by atoms with Gasteiger partial charge in [-0.15, -0.1) is 0 Å². The maximum absolute atomic E-state index is 12.1. The van der Waals surface area contributed by atoms with Crippen molar-refractivity contribution in [2.45, 2.75) is 83.1 Å². The van der Waals surface area contributed by atoms with Crippen molar-refractivity contribution in [2.75, 3.05) is 0 Å². The highest BCUT2D eigenvalue weighted by molar-refractivity contribution is 5.39. The molecule has 25 heavy (non-hydrogen) atoms. The number of ether oxygens (including phenoxy) is 1. The van der Waals surface area contributed by atoms with Crippen molar-refractivity contribution in [3.05, 3.63) is 0 Å². The summed E-state index contributed by atoms with van der Waals surface area (Å²) in [6, 6.07) is 0. The van der Waals surface area contributed by atoms with Gasteiger partial charge in [0.2, 0.25) is 0 Å². The van der Waals surface area contributed by atoms with Crippen molar-refractivity contribution < 1.29 is 25.2 Å². The van der Waals surface area contributed by atoms with Crippen LogP contribution in [0.3, 0.4) is 0 Å². The van der Waals surface area contributed by atoms with Gasteiger partial charge in [0.05, 0.1) is 23.2 Å². The zero-order chi connectivity index (χ0) is 18.4. The molecule has 142 valence electrons. The number of hydrogen-bond donors (Lipinski definition) is 4. The van der Waals surface area contributed by atoms with Gasteiger partial charge in [-0.3, -0.25) is 0 Å². The average molecular weight is 352 g/mol. The lowest BCUT2D eigenvalue weighted by molar-refractivity contribution is -0.303. The van der Waals surface area contributed by atoms with Crippen molar-refractivity contribution in [3.63, 3.8) is 0 Å². The zero-order valence-electron chi connectivity index (χ0n) is 15.9. The van der Waals surface area contributed by atoms with Crippen LogP contribution in [0.2, 0.25) is 0 Å². The lowest BCUT2D eigenvalue weighted by Crippen LogP contribution is -2.76. The summed E-state index contributed by atoms with van der Waals surface area (Å²) in [5.41, 5.74) is -4.00. The number of rotatable bonds is 1. The first-order chi connectivity index (χ1) is 11.4. The lowest BCUT2D eigenvalue weighted by Gasteiger charge is -2.64. The molecular formula is C20H32O5. The van der Waals surface area contributed by atoms with Gasteiger partial charge in [-0.25, -0.2) is 0 Å². The van der Waals surface area contributed by atoms with Crippen molar-refractivity contribution >= 4 is 0 Å². The Bertz CT molecular complexity index is 652. The second-order valence-corrected chi connectivity index (χ2v) is 10.6. The smallest absolute Gasteiger partial charge is 0.175 e. The fraction of sp³-hybridized carbons (Fsp3) is 1.00. The molecular weight excluding hydrogens is 320 g/mol. The third-order valence-electron chi connectivity index (χ3n) is 9.72. The minimum Gasteiger partial charge on any atom is -0.392 e. The Kier molecular flexibility index (Phi) is 2.79. The van der Waals surface area contributed by atoms with Crippen LogP contribution < -0.4 is 0 Å². The predicted molar refractivity (Wildman–Crippen MR) is 90.3 cm³/mol. The Morgan fingerprint density at radius 2 is 1.76 bits per heavy atom. The van der Waals surface area contributed by atoms with Gasteiger partial charge in [0, 0.05) is 29.6 Å². The molecule has 0 amide bonds. The molecule has 0 aromatic heterocycles. The van der Waals surface area contributed by atoms with E-state index in [0.29, 0.717) is 6.42 Å². The highest BCUT2D eigenvalue weighted by Gasteiger charge is 2.93. The third-order valence-corrected chi connectivity index (χ3v) is 9.72. The Morgan fingerprint density at radius 1 is 1.12 bits per heavy atom. The van der Waals surface area contributed by atoms with E-state index >= 15 is 0 Å². The molecule has 11 atom stereocenters. The molecule has 5 rings (SSSR count). The Labute approximate surface area is 149 Å². The van der Waals surface area contributed by atoms with Crippen LogP contribution in [0.5, 0.6) is 0 Å². The molecule has 5 fully saturated rings. The second-order valence-electron chi connectivity index (χ2n) is 10.6. The van der Waals surface area contributed by atoms with Crippen LogP contribution in [0.25, 0.3) is 0 Å². The molecule has 0 aromatic rings. The highest BCUT2D eigenvalue weighted by atomic mass is 16.7. The van der Waals surface area contributed by atoms with E-state index in [0.717, 1.165) is 6.42 Å². The van der Waals surface area contributed by atoms with Gasteiger partial charge in [-0.2, -0.15) is 0 Å². The predicted octanol–water partition coefficient (Wildman–Crippen LogP) is 1.27. The summed E-state index contributed by atoms with van der Waals surface area (Å²) in [7, 11) is 0. The van der Waals surface area contributed by atoms with Crippen LogP contribution in [0.1, 0.15) is 53.9 Å². The molecule has 4 saturated carbocycles. The number of fused-ring (bicyclic) bond motifs is 3. The standard InChI is InChI=1S/C20H32O5/c1-9(2)11-13(21)14-16(4)8-19(23)17(11,5)20(14,24)15(25-19)12-10(3)6-7-18(12,16)22/h9-15,21-24H,6-8H2,1-5H3. The molecule has 1 heterocycles. The maximum atomic E-state index is 12.1. The van der Waals surface area contributed by atoms with E-state index in [-0.39, 0.29) is 30.1 Å². The van der Waals surface area contributed by atoms with Crippen molar-refractivity contribution in [2.24, 2.45) is 40.4 Å². The average Bonchev–Trinajstić information content (AvgIpc) is 2.87. The maximum Gasteiger partial charge on any atom is 0.175 e. The molecule has 5 aliphatic rings. The molecule has 0 spiro atoms. The lowest BCUT2D eigenvalue weighted by atomic mass is 9.41. The van der Waals surface area contributed by atoms with Gasteiger partial charge >= 0.3 is 0 Å². The molecule has 4 N–H and O–H groups in total. The van der Waals surface area contributed by atoms with Gasteiger partial charge in [0.15, 0.2) is 5.79 Å². The first-order valence-corrected chi connectivity index (χ1v) is 9.93. The van der Waals surface area contributed by atoms with Gasteiger partial charge in [-0.05, 0) is 24.7 Å². The fourth-order valence-corrected chi connectivity index (χ4v) is 8.87. The summed E-state index contributed by atoms with van der Waals surface area (Å²) in [4.78, 5) is 0.